The van der Waals surface area contributed by atoms with Crippen molar-refractivity contribution < 1.29 is 4.79 Å². The Morgan fingerprint density at radius 1 is 1.12 bits per heavy atom. The molecule has 0 fully saturated rings. The van der Waals surface area contributed by atoms with Gasteiger partial charge in [-0.25, -0.2) is 4.98 Å². The van der Waals surface area contributed by atoms with Gasteiger partial charge < -0.3 is 11.1 Å². The van der Waals surface area contributed by atoms with E-state index in [0.29, 0.717) is 34.7 Å². The van der Waals surface area contributed by atoms with Gasteiger partial charge in [0.1, 0.15) is 5.82 Å². The molecule has 0 radical (unpaired) electrons. The summed E-state index contributed by atoms with van der Waals surface area (Å²) >= 11 is 1.70. The van der Waals surface area contributed by atoms with E-state index in [1.54, 1.807) is 35.9 Å². The number of nitriles is 1. The Hall–Kier alpha value is -4.02. The van der Waals surface area contributed by atoms with Gasteiger partial charge in [-0.3, -0.25) is 9.78 Å². The van der Waals surface area contributed by atoms with Crippen LogP contribution in [0.1, 0.15) is 27.5 Å². The molecule has 0 bridgehead atoms. The van der Waals surface area contributed by atoms with Crippen LogP contribution in [0.5, 0.6) is 0 Å². The van der Waals surface area contributed by atoms with Gasteiger partial charge in [0.2, 0.25) is 5.91 Å². The number of rotatable bonds is 8. The Morgan fingerprint density at radius 2 is 2.00 bits per heavy atom. The van der Waals surface area contributed by atoms with Crippen LogP contribution >= 0.6 is 11.3 Å². The van der Waals surface area contributed by atoms with Crippen molar-refractivity contribution in [1.29, 1.82) is 5.26 Å². The summed E-state index contributed by atoms with van der Waals surface area (Å²) in [7, 11) is 0. The zero-order chi connectivity index (χ0) is 22.3. The predicted octanol–water partition coefficient (Wildman–Crippen LogP) is 4.35. The average Bonchev–Trinajstić information content (AvgIpc) is 3.34. The van der Waals surface area contributed by atoms with Crippen LogP contribution in [0.3, 0.4) is 0 Å². The normalized spacial score (nSPS) is 11.5. The molecule has 0 saturated carbocycles. The third-order valence-electron chi connectivity index (χ3n) is 5.11. The highest BCUT2D eigenvalue weighted by atomic mass is 32.1. The van der Waals surface area contributed by atoms with E-state index in [1.807, 2.05) is 47.8 Å². The lowest BCUT2D eigenvalue weighted by molar-refractivity contribution is -0.118. The molecule has 1 aromatic carbocycles. The molecule has 1 atom stereocenters. The van der Waals surface area contributed by atoms with Crippen LogP contribution in [0.25, 0.3) is 11.3 Å². The molecule has 32 heavy (non-hydrogen) atoms. The number of nitrogens with two attached hydrogens (primary N) is 1. The molecule has 4 rings (SSSR count). The fourth-order valence-electron chi connectivity index (χ4n) is 3.60. The number of thiophene rings is 1. The zero-order valence-electron chi connectivity index (χ0n) is 17.2. The summed E-state index contributed by atoms with van der Waals surface area (Å²) in [6.07, 6.45) is 4.12. The first-order valence-electron chi connectivity index (χ1n) is 10.1. The van der Waals surface area contributed by atoms with E-state index in [-0.39, 0.29) is 0 Å². The first kappa shape index (κ1) is 21.2. The highest BCUT2D eigenvalue weighted by Gasteiger charge is 2.25. The van der Waals surface area contributed by atoms with E-state index in [0.717, 1.165) is 12.0 Å². The Labute approximate surface area is 190 Å². The fraction of sp³-hybridized carbons (Fsp3) is 0.120. The Bertz CT molecular complexity index is 1250. The molecular weight excluding hydrogens is 418 g/mol. The number of primary amides is 1. The maximum absolute atomic E-state index is 12.5. The summed E-state index contributed by atoms with van der Waals surface area (Å²) in [5.74, 6) is -0.605. The van der Waals surface area contributed by atoms with Crippen molar-refractivity contribution in [3.05, 3.63) is 100 Å². The molecule has 0 spiro atoms. The summed E-state index contributed by atoms with van der Waals surface area (Å²) in [5, 5.41) is 14.9. The number of hydrogen-bond donors (Lipinski definition) is 2. The standard InChI is InChI=1S/C25H21N5OS/c26-15-17-5-1-2-8-20(17)22-10-9-21(23(24(27)31)18-6-3-12-28-16-18)25(30-22)29-13-11-19-7-4-14-32-19/h1-10,12,14,16,23H,11,13H2,(H2,27,31)(H,29,30). The lowest BCUT2D eigenvalue weighted by Crippen LogP contribution is -2.24. The second-order valence-corrected chi connectivity index (χ2v) is 8.20. The maximum Gasteiger partial charge on any atom is 0.229 e. The monoisotopic (exact) mass is 439 g/mol. The van der Waals surface area contributed by atoms with Crippen molar-refractivity contribution >= 4 is 23.1 Å². The number of pyridine rings is 2. The molecular formula is C25H21N5OS. The van der Waals surface area contributed by atoms with Crippen molar-refractivity contribution in [2.24, 2.45) is 5.73 Å². The number of amides is 1. The molecule has 4 aromatic rings. The smallest absolute Gasteiger partial charge is 0.229 e. The lowest BCUT2D eigenvalue weighted by atomic mass is 9.91. The molecule has 3 aromatic heterocycles. The quantitative estimate of drug-likeness (QED) is 0.425. The SMILES string of the molecule is N#Cc1ccccc1-c1ccc(C(C(N)=O)c2cccnc2)c(NCCc2cccs2)n1. The molecule has 0 aliphatic carbocycles. The minimum absolute atomic E-state index is 0.480. The second kappa shape index (κ2) is 9.86. The van der Waals surface area contributed by atoms with Crippen LogP contribution in [-0.2, 0) is 11.2 Å². The van der Waals surface area contributed by atoms with Crippen molar-refractivity contribution in [2.45, 2.75) is 12.3 Å². The number of carbonyl (C=O) groups is 1. The Morgan fingerprint density at radius 3 is 2.72 bits per heavy atom. The third kappa shape index (κ3) is 4.66. The molecule has 0 aliphatic heterocycles. The third-order valence-corrected chi connectivity index (χ3v) is 6.04. The molecule has 7 heteroatoms. The topological polar surface area (TPSA) is 105 Å². The van der Waals surface area contributed by atoms with Gasteiger partial charge in [-0.2, -0.15) is 5.26 Å². The number of carbonyl (C=O) groups excluding carboxylic acids is 1. The second-order valence-electron chi connectivity index (χ2n) is 7.17. The fourth-order valence-corrected chi connectivity index (χ4v) is 4.31. The first-order chi connectivity index (χ1) is 15.7. The van der Waals surface area contributed by atoms with Crippen molar-refractivity contribution in [3.63, 3.8) is 0 Å². The highest BCUT2D eigenvalue weighted by molar-refractivity contribution is 7.09. The van der Waals surface area contributed by atoms with Gasteiger partial charge >= 0.3 is 0 Å². The average molecular weight is 440 g/mol. The largest absolute Gasteiger partial charge is 0.369 e. The van der Waals surface area contributed by atoms with Crippen molar-refractivity contribution in [3.8, 4) is 17.3 Å². The molecule has 158 valence electrons. The number of nitrogens with zero attached hydrogens (tertiary/aromatic N) is 3. The molecule has 6 nitrogen and oxygen atoms in total. The van der Waals surface area contributed by atoms with E-state index in [9.17, 15) is 10.1 Å². The lowest BCUT2D eigenvalue weighted by Gasteiger charge is -2.19. The van der Waals surface area contributed by atoms with E-state index >= 15 is 0 Å². The van der Waals surface area contributed by atoms with Crippen LogP contribution in [0.4, 0.5) is 5.82 Å². The van der Waals surface area contributed by atoms with E-state index in [4.69, 9.17) is 10.7 Å². The van der Waals surface area contributed by atoms with E-state index < -0.39 is 11.8 Å². The molecule has 0 saturated heterocycles. The molecule has 1 amide bonds. The Kier molecular flexibility index (Phi) is 6.54. The maximum atomic E-state index is 12.5. The first-order valence-corrected chi connectivity index (χ1v) is 11.0. The number of hydrogen-bond acceptors (Lipinski definition) is 6. The molecule has 3 heterocycles. The van der Waals surface area contributed by atoms with E-state index in [2.05, 4.69) is 22.4 Å². The molecule has 1 unspecified atom stereocenters. The highest BCUT2D eigenvalue weighted by Crippen LogP contribution is 2.32. The van der Waals surface area contributed by atoms with Crippen LogP contribution in [0.2, 0.25) is 0 Å². The summed E-state index contributed by atoms with van der Waals surface area (Å²) in [6.45, 7) is 0.641. The van der Waals surface area contributed by atoms with Gasteiger partial charge in [-0.1, -0.05) is 36.4 Å². The van der Waals surface area contributed by atoms with Gasteiger partial charge in [0, 0.05) is 34.9 Å². The van der Waals surface area contributed by atoms with Gasteiger partial charge in [0.25, 0.3) is 0 Å². The number of nitrogens with one attached hydrogen (secondary N) is 1. The zero-order valence-corrected chi connectivity index (χ0v) is 18.0. The van der Waals surface area contributed by atoms with Gasteiger partial charge in [-0.05, 0) is 41.6 Å². The van der Waals surface area contributed by atoms with Crippen LogP contribution in [-0.4, -0.2) is 22.4 Å². The Balaban J connectivity index is 1.75. The summed E-state index contributed by atoms with van der Waals surface area (Å²) in [6, 6.07) is 20.9. The molecule has 0 aliphatic rings. The van der Waals surface area contributed by atoms with Gasteiger partial charge in [0.05, 0.1) is 23.2 Å². The van der Waals surface area contributed by atoms with E-state index in [1.165, 1.54) is 4.88 Å². The number of anilines is 1. The predicted molar refractivity (Wildman–Crippen MR) is 126 cm³/mol. The summed E-state index contributed by atoms with van der Waals surface area (Å²) < 4.78 is 0. The minimum Gasteiger partial charge on any atom is -0.369 e. The summed E-state index contributed by atoms with van der Waals surface area (Å²) in [5.41, 5.74) is 9.11. The number of benzene rings is 1. The van der Waals surface area contributed by atoms with Crippen LogP contribution < -0.4 is 11.1 Å². The van der Waals surface area contributed by atoms with Crippen LogP contribution in [0, 0.1) is 11.3 Å². The van der Waals surface area contributed by atoms with Crippen molar-refractivity contribution in [1.82, 2.24) is 9.97 Å². The van der Waals surface area contributed by atoms with Crippen molar-refractivity contribution in [2.75, 3.05) is 11.9 Å². The molecule has 3 N–H and O–H groups in total. The number of aromatic nitrogens is 2. The summed E-state index contributed by atoms with van der Waals surface area (Å²) in [4.78, 5) is 22.7. The van der Waals surface area contributed by atoms with Gasteiger partial charge in [-0.15, -0.1) is 11.3 Å². The van der Waals surface area contributed by atoms with Crippen LogP contribution in [0.15, 0.2) is 78.4 Å². The van der Waals surface area contributed by atoms with Gasteiger partial charge in [0.15, 0.2) is 0 Å². The minimum atomic E-state index is -0.694.